The molecule has 24 heavy (non-hydrogen) atoms. The van der Waals surface area contributed by atoms with Gasteiger partial charge in [-0.3, -0.25) is 4.79 Å². The van der Waals surface area contributed by atoms with Gasteiger partial charge in [-0.1, -0.05) is 0 Å². The van der Waals surface area contributed by atoms with Crippen molar-refractivity contribution in [1.29, 1.82) is 0 Å². The molecular weight excluding hydrogens is 326 g/mol. The molecule has 5 rings (SSSR count). The van der Waals surface area contributed by atoms with Crippen molar-refractivity contribution in [3.05, 3.63) is 22.6 Å². The van der Waals surface area contributed by atoms with Crippen molar-refractivity contribution in [2.45, 2.75) is 38.2 Å². The number of carbonyl (C=O) groups is 1. The maximum atomic E-state index is 12.4. The van der Waals surface area contributed by atoms with Crippen LogP contribution < -0.4 is 5.32 Å². The van der Waals surface area contributed by atoms with E-state index in [-0.39, 0.29) is 17.8 Å². The molecule has 124 valence electrons. The van der Waals surface area contributed by atoms with Gasteiger partial charge in [0.05, 0.1) is 11.5 Å². The van der Waals surface area contributed by atoms with E-state index in [1.165, 1.54) is 16.9 Å². The van der Waals surface area contributed by atoms with Gasteiger partial charge < -0.3 is 10.1 Å². The highest BCUT2D eigenvalue weighted by Crippen LogP contribution is 2.37. The SMILES string of the molecule is O=C(NCC1CCCO1)c1nc2c3c4c(sc3ncn2n1)CCC4. The van der Waals surface area contributed by atoms with Crippen LogP contribution in [0.25, 0.3) is 15.9 Å². The van der Waals surface area contributed by atoms with Crippen LogP contribution >= 0.6 is 11.3 Å². The molecule has 1 saturated heterocycles. The largest absolute Gasteiger partial charge is 0.376 e. The summed E-state index contributed by atoms with van der Waals surface area (Å²) in [6.07, 6.45) is 7.16. The lowest BCUT2D eigenvalue weighted by atomic mass is 10.2. The smallest absolute Gasteiger partial charge is 0.291 e. The quantitative estimate of drug-likeness (QED) is 0.783. The van der Waals surface area contributed by atoms with Crippen LogP contribution in [0.5, 0.6) is 0 Å². The van der Waals surface area contributed by atoms with E-state index in [0.717, 1.165) is 48.2 Å². The molecule has 1 N–H and O–H groups in total. The molecule has 7 nitrogen and oxygen atoms in total. The zero-order valence-electron chi connectivity index (χ0n) is 13.1. The lowest BCUT2D eigenvalue weighted by molar-refractivity contribution is 0.0849. The normalized spacial score (nSPS) is 20.1. The molecule has 0 spiro atoms. The molecule has 0 aromatic carbocycles. The van der Waals surface area contributed by atoms with E-state index >= 15 is 0 Å². The van der Waals surface area contributed by atoms with E-state index in [1.54, 1.807) is 22.2 Å². The molecule has 0 radical (unpaired) electrons. The highest BCUT2D eigenvalue weighted by Gasteiger charge is 2.23. The average Bonchev–Trinajstić information content (AvgIpc) is 3.32. The summed E-state index contributed by atoms with van der Waals surface area (Å²) in [6, 6.07) is 0. The minimum atomic E-state index is -0.255. The van der Waals surface area contributed by atoms with E-state index in [9.17, 15) is 4.79 Å². The summed E-state index contributed by atoms with van der Waals surface area (Å²) in [7, 11) is 0. The van der Waals surface area contributed by atoms with Crippen LogP contribution in [0.2, 0.25) is 0 Å². The van der Waals surface area contributed by atoms with Gasteiger partial charge in [0.25, 0.3) is 5.91 Å². The van der Waals surface area contributed by atoms with E-state index in [1.807, 2.05) is 0 Å². The number of hydrogen-bond donors (Lipinski definition) is 1. The standard InChI is InChI=1S/C16H17N5O2S/c22-15(17-7-9-3-2-6-23-9)13-19-14-12-10-4-1-5-11(10)24-16(12)18-8-21(14)20-13/h8-9H,1-7H2,(H,17,22). The van der Waals surface area contributed by atoms with Gasteiger partial charge in [-0.15, -0.1) is 16.4 Å². The monoisotopic (exact) mass is 343 g/mol. The lowest BCUT2D eigenvalue weighted by Gasteiger charge is -2.08. The van der Waals surface area contributed by atoms with Gasteiger partial charge in [-0.05, 0) is 37.7 Å². The Labute approximate surface area is 142 Å². The Morgan fingerprint density at radius 2 is 2.38 bits per heavy atom. The summed E-state index contributed by atoms with van der Waals surface area (Å²) in [5.74, 6) is -0.0607. The summed E-state index contributed by atoms with van der Waals surface area (Å²) in [5, 5.41) is 8.25. The first-order chi connectivity index (χ1) is 11.8. The van der Waals surface area contributed by atoms with Crippen molar-refractivity contribution in [2.75, 3.05) is 13.2 Å². The number of rotatable bonds is 3. The van der Waals surface area contributed by atoms with Crippen molar-refractivity contribution in [1.82, 2.24) is 24.9 Å². The van der Waals surface area contributed by atoms with Crippen LogP contribution in [-0.4, -0.2) is 44.7 Å². The molecule has 2 aliphatic rings. The van der Waals surface area contributed by atoms with Crippen molar-refractivity contribution < 1.29 is 9.53 Å². The molecule has 1 fully saturated rings. The second-order valence-corrected chi connectivity index (χ2v) is 7.41. The molecule has 8 heteroatoms. The summed E-state index contributed by atoms with van der Waals surface area (Å²) in [5.41, 5.74) is 2.08. The predicted molar refractivity (Wildman–Crippen MR) is 89.5 cm³/mol. The number of aromatic nitrogens is 4. The van der Waals surface area contributed by atoms with Crippen molar-refractivity contribution >= 4 is 33.1 Å². The highest BCUT2D eigenvalue weighted by atomic mass is 32.1. The zero-order chi connectivity index (χ0) is 16.1. The summed E-state index contributed by atoms with van der Waals surface area (Å²) >= 11 is 1.74. The minimum absolute atomic E-state index is 0.111. The van der Waals surface area contributed by atoms with Gasteiger partial charge in [0.1, 0.15) is 11.2 Å². The number of hydrogen-bond acceptors (Lipinski definition) is 6. The maximum Gasteiger partial charge on any atom is 0.291 e. The van der Waals surface area contributed by atoms with Crippen LogP contribution in [0.15, 0.2) is 6.33 Å². The van der Waals surface area contributed by atoms with Gasteiger partial charge in [-0.2, -0.15) is 0 Å². The maximum absolute atomic E-state index is 12.4. The van der Waals surface area contributed by atoms with Gasteiger partial charge in [0, 0.05) is 18.0 Å². The summed E-state index contributed by atoms with van der Waals surface area (Å²) < 4.78 is 7.15. The molecular formula is C16H17N5O2S. The second-order valence-electron chi connectivity index (χ2n) is 6.33. The second kappa shape index (κ2) is 5.49. The number of carbonyl (C=O) groups excluding carboxylic acids is 1. The molecule has 0 bridgehead atoms. The van der Waals surface area contributed by atoms with Gasteiger partial charge in [0.15, 0.2) is 5.65 Å². The number of nitrogens with one attached hydrogen (secondary N) is 1. The fourth-order valence-corrected chi connectivity index (χ4v) is 4.80. The molecule has 3 aromatic rings. The molecule has 1 aliphatic heterocycles. The minimum Gasteiger partial charge on any atom is -0.376 e. The third-order valence-corrected chi connectivity index (χ3v) is 5.96. The number of amides is 1. The molecule has 1 aliphatic carbocycles. The molecule has 1 unspecified atom stereocenters. The number of ether oxygens (including phenoxy) is 1. The molecule has 4 heterocycles. The molecule has 3 aromatic heterocycles. The first kappa shape index (κ1) is 14.3. The van der Waals surface area contributed by atoms with Crippen LogP contribution in [0.3, 0.4) is 0 Å². The molecule has 1 atom stereocenters. The fourth-order valence-electron chi connectivity index (χ4n) is 3.58. The van der Waals surface area contributed by atoms with E-state index < -0.39 is 0 Å². The fraction of sp³-hybridized carbons (Fsp3) is 0.500. The Balaban J connectivity index is 1.48. The van der Waals surface area contributed by atoms with Gasteiger partial charge in [-0.25, -0.2) is 14.5 Å². The third-order valence-electron chi connectivity index (χ3n) is 4.76. The zero-order valence-corrected chi connectivity index (χ0v) is 13.9. The average molecular weight is 343 g/mol. The van der Waals surface area contributed by atoms with Crippen molar-refractivity contribution in [3.8, 4) is 0 Å². The Morgan fingerprint density at radius 3 is 3.25 bits per heavy atom. The van der Waals surface area contributed by atoms with Crippen LogP contribution in [0, 0.1) is 0 Å². The lowest BCUT2D eigenvalue weighted by Crippen LogP contribution is -2.32. The van der Waals surface area contributed by atoms with Crippen LogP contribution in [0.1, 0.15) is 40.3 Å². The van der Waals surface area contributed by atoms with E-state index in [2.05, 4.69) is 20.4 Å². The van der Waals surface area contributed by atoms with E-state index in [0.29, 0.717) is 6.54 Å². The van der Waals surface area contributed by atoms with Gasteiger partial charge >= 0.3 is 0 Å². The Bertz CT molecular complexity index is 941. The summed E-state index contributed by atoms with van der Waals surface area (Å²) in [6.45, 7) is 1.29. The Morgan fingerprint density at radius 1 is 1.42 bits per heavy atom. The first-order valence-corrected chi connectivity index (χ1v) is 9.16. The number of nitrogens with zero attached hydrogens (tertiary/aromatic N) is 4. The van der Waals surface area contributed by atoms with Crippen LogP contribution in [0.4, 0.5) is 0 Å². The highest BCUT2D eigenvalue weighted by molar-refractivity contribution is 7.19. The van der Waals surface area contributed by atoms with Gasteiger partial charge in [0.2, 0.25) is 5.82 Å². The number of fused-ring (bicyclic) bond motifs is 5. The van der Waals surface area contributed by atoms with Crippen molar-refractivity contribution in [3.63, 3.8) is 0 Å². The van der Waals surface area contributed by atoms with E-state index in [4.69, 9.17) is 4.74 Å². The third kappa shape index (κ3) is 2.21. The predicted octanol–water partition coefficient (Wildman–Crippen LogP) is 1.74. The van der Waals surface area contributed by atoms with Crippen molar-refractivity contribution in [2.24, 2.45) is 0 Å². The Hall–Kier alpha value is -2.06. The topological polar surface area (TPSA) is 81.4 Å². The molecule has 0 saturated carbocycles. The Kier molecular flexibility index (Phi) is 3.27. The number of thiophene rings is 1. The molecule has 1 amide bonds. The first-order valence-electron chi connectivity index (χ1n) is 8.35. The van der Waals surface area contributed by atoms with Crippen LogP contribution in [-0.2, 0) is 17.6 Å². The number of aryl methyl sites for hydroxylation is 2. The summed E-state index contributed by atoms with van der Waals surface area (Å²) in [4.78, 5) is 23.7.